The highest BCUT2D eigenvalue weighted by Crippen LogP contribution is 2.22. The molecule has 0 spiro atoms. The fourth-order valence-electron chi connectivity index (χ4n) is 3.63. The Morgan fingerprint density at radius 2 is 1.55 bits per heavy atom. The number of hydrogen-bond donors (Lipinski definition) is 3. The average Bonchev–Trinajstić information content (AvgIpc) is 2.67. The lowest BCUT2D eigenvalue weighted by Gasteiger charge is -2.42. The molecule has 0 aliphatic rings. The van der Waals surface area contributed by atoms with Gasteiger partial charge in [0.05, 0.1) is 12.1 Å². The maximum Gasteiger partial charge on any atom is 0.408 e. The van der Waals surface area contributed by atoms with Crippen LogP contribution in [0.2, 0.25) is 0 Å². The summed E-state index contributed by atoms with van der Waals surface area (Å²) in [5, 5.41) is 24.0. The third-order valence-corrected chi connectivity index (χ3v) is 5.01. The summed E-state index contributed by atoms with van der Waals surface area (Å²) in [6.07, 6.45) is 0.587. The second kappa shape index (κ2) is 11.0. The minimum absolute atomic E-state index is 0.353. The van der Waals surface area contributed by atoms with Crippen LogP contribution in [0.25, 0.3) is 0 Å². The molecule has 3 N–H and O–H groups in total. The Hall–Kier alpha value is -2.37. The van der Waals surface area contributed by atoms with Crippen molar-refractivity contribution in [1.82, 2.24) is 10.2 Å². The summed E-state index contributed by atoms with van der Waals surface area (Å²) in [5.74, 6) is 0. The first-order valence-corrected chi connectivity index (χ1v) is 10.3. The average molecular weight is 399 g/mol. The van der Waals surface area contributed by atoms with Crippen LogP contribution in [0, 0.1) is 0 Å². The number of benzene rings is 2. The van der Waals surface area contributed by atoms with Crippen molar-refractivity contribution in [3.8, 4) is 0 Å². The van der Waals surface area contributed by atoms with Crippen molar-refractivity contribution in [2.75, 3.05) is 13.1 Å². The maximum absolute atomic E-state index is 12.0. The molecule has 2 aromatic rings. The summed E-state index contributed by atoms with van der Waals surface area (Å²) in [5.41, 5.74) is 1.69. The van der Waals surface area contributed by atoms with E-state index in [1.54, 1.807) is 0 Å². The number of nitrogens with one attached hydrogen (secondary N) is 1. The first-order chi connectivity index (χ1) is 13.8. The fraction of sp³-hybridized carbons (Fsp3) is 0.458. The molecule has 0 fully saturated rings. The van der Waals surface area contributed by atoms with E-state index >= 15 is 0 Å². The van der Waals surface area contributed by atoms with Crippen LogP contribution in [0.15, 0.2) is 60.7 Å². The second-order valence-electron chi connectivity index (χ2n) is 8.44. The van der Waals surface area contributed by atoms with Gasteiger partial charge in [0.25, 0.3) is 0 Å². The van der Waals surface area contributed by atoms with E-state index in [0.717, 1.165) is 24.9 Å². The van der Waals surface area contributed by atoms with Gasteiger partial charge in [-0.25, -0.2) is 4.79 Å². The molecule has 0 aliphatic carbocycles. The lowest BCUT2D eigenvalue weighted by molar-refractivity contribution is 0.00788. The van der Waals surface area contributed by atoms with Gasteiger partial charge in [-0.05, 0) is 57.7 Å². The molecule has 0 aromatic heterocycles. The van der Waals surface area contributed by atoms with Gasteiger partial charge >= 0.3 is 6.09 Å². The zero-order valence-electron chi connectivity index (χ0n) is 17.7. The number of hydrogen-bond acceptors (Lipinski definition) is 3. The largest absolute Gasteiger partial charge is 0.465 e. The van der Waals surface area contributed by atoms with Crippen LogP contribution >= 0.6 is 0 Å². The molecule has 29 heavy (non-hydrogen) atoms. The molecule has 0 radical (unpaired) electrons. The molecule has 2 aromatic carbocycles. The van der Waals surface area contributed by atoms with E-state index < -0.39 is 23.8 Å². The standard InChI is InChI=1S/C24H34N2O3/c1-24(2,3)26(23(28)29)21(17-20-13-8-5-9-14-20)22(27)18-25-16-10-15-19-11-6-4-7-12-19/h4-9,11-14,21-22,25,27H,10,15-18H2,1-3H3,(H,28,29)/t21-,22+/m0/s1. The Balaban J connectivity index is 1.98. The normalized spacial score (nSPS) is 13.7. The first-order valence-electron chi connectivity index (χ1n) is 10.3. The Labute approximate surface area is 174 Å². The summed E-state index contributed by atoms with van der Waals surface area (Å²) in [7, 11) is 0. The van der Waals surface area contributed by atoms with Crippen LogP contribution in [0.3, 0.4) is 0 Å². The van der Waals surface area contributed by atoms with Crippen molar-refractivity contribution in [2.45, 2.75) is 57.7 Å². The van der Waals surface area contributed by atoms with E-state index in [1.807, 2.05) is 69.3 Å². The molecule has 0 saturated heterocycles. The van der Waals surface area contributed by atoms with Gasteiger partial charge in [-0.1, -0.05) is 60.7 Å². The molecular weight excluding hydrogens is 364 g/mol. The summed E-state index contributed by atoms with van der Waals surface area (Å²) in [4.78, 5) is 13.4. The van der Waals surface area contributed by atoms with Crippen molar-refractivity contribution in [2.24, 2.45) is 0 Å². The quantitative estimate of drug-likeness (QED) is 0.530. The van der Waals surface area contributed by atoms with Gasteiger partial charge in [0.1, 0.15) is 0 Å². The predicted octanol–water partition coefficient (Wildman–Crippen LogP) is 3.96. The van der Waals surface area contributed by atoms with Crippen LogP contribution in [-0.4, -0.2) is 52.0 Å². The van der Waals surface area contributed by atoms with Gasteiger partial charge in [0.15, 0.2) is 0 Å². The number of carboxylic acid groups (broad SMARTS) is 1. The third kappa shape index (κ3) is 7.52. The van der Waals surface area contributed by atoms with Gasteiger partial charge in [-0.15, -0.1) is 0 Å². The van der Waals surface area contributed by atoms with Crippen LogP contribution in [0.5, 0.6) is 0 Å². The Bertz CT molecular complexity index is 729. The molecule has 0 heterocycles. The first kappa shape index (κ1) is 22.9. The van der Waals surface area contributed by atoms with Crippen LogP contribution in [0.1, 0.15) is 38.3 Å². The van der Waals surface area contributed by atoms with Gasteiger partial charge in [-0.3, -0.25) is 4.90 Å². The highest BCUT2D eigenvalue weighted by molar-refractivity contribution is 5.66. The van der Waals surface area contributed by atoms with Gasteiger partial charge in [0.2, 0.25) is 0 Å². The summed E-state index contributed by atoms with van der Waals surface area (Å²) in [6.45, 7) is 6.70. The van der Waals surface area contributed by atoms with Crippen molar-refractivity contribution in [3.05, 3.63) is 71.8 Å². The van der Waals surface area contributed by atoms with Crippen molar-refractivity contribution >= 4 is 6.09 Å². The number of aryl methyl sites for hydroxylation is 1. The van der Waals surface area contributed by atoms with E-state index in [2.05, 4.69) is 17.4 Å². The molecule has 158 valence electrons. The zero-order chi connectivity index (χ0) is 21.3. The van der Waals surface area contributed by atoms with E-state index in [4.69, 9.17) is 0 Å². The number of aliphatic hydroxyl groups excluding tert-OH is 1. The highest BCUT2D eigenvalue weighted by atomic mass is 16.4. The summed E-state index contributed by atoms with van der Waals surface area (Å²) >= 11 is 0. The molecule has 1 amide bonds. The van der Waals surface area contributed by atoms with E-state index in [1.165, 1.54) is 10.5 Å². The molecule has 5 nitrogen and oxygen atoms in total. The number of nitrogens with zero attached hydrogens (tertiary/aromatic N) is 1. The topological polar surface area (TPSA) is 72.8 Å². The number of amides is 1. The number of carbonyl (C=O) groups is 1. The van der Waals surface area contributed by atoms with Gasteiger partial charge in [0, 0.05) is 12.1 Å². The predicted molar refractivity (Wildman–Crippen MR) is 117 cm³/mol. The Kier molecular flexibility index (Phi) is 8.68. The smallest absolute Gasteiger partial charge is 0.408 e. The van der Waals surface area contributed by atoms with Crippen LogP contribution < -0.4 is 5.32 Å². The molecule has 0 saturated carbocycles. The van der Waals surface area contributed by atoms with Crippen molar-refractivity contribution < 1.29 is 15.0 Å². The number of rotatable bonds is 10. The molecule has 0 unspecified atom stereocenters. The van der Waals surface area contributed by atoms with E-state index in [0.29, 0.717) is 13.0 Å². The molecule has 0 bridgehead atoms. The van der Waals surface area contributed by atoms with E-state index in [-0.39, 0.29) is 0 Å². The SMILES string of the molecule is CC(C)(C)N(C(=O)O)[C@@H](Cc1ccccc1)[C@H](O)CNCCCc1ccccc1. The van der Waals surface area contributed by atoms with Crippen molar-refractivity contribution in [1.29, 1.82) is 0 Å². The van der Waals surface area contributed by atoms with E-state index in [9.17, 15) is 15.0 Å². The highest BCUT2D eigenvalue weighted by Gasteiger charge is 2.37. The van der Waals surface area contributed by atoms with Gasteiger partial charge in [-0.2, -0.15) is 0 Å². The monoisotopic (exact) mass is 398 g/mol. The Morgan fingerprint density at radius 3 is 2.07 bits per heavy atom. The fourth-order valence-corrected chi connectivity index (χ4v) is 3.63. The third-order valence-electron chi connectivity index (χ3n) is 5.01. The minimum atomic E-state index is -1.01. The molecule has 0 aliphatic heterocycles. The van der Waals surface area contributed by atoms with Crippen LogP contribution in [-0.2, 0) is 12.8 Å². The molecular formula is C24H34N2O3. The molecule has 5 heteroatoms. The lowest BCUT2D eigenvalue weighted by Crippen LogP contribution is -2.58. The number of aliphatic hydroxyl groups is 1. The zero-order valence-corrected chi connectivity index (χ0v) is 17.7. The Morgan fingerprint density at radius 1 is 1.00 bits per heavy atom. The minimum Gasteiger partial charge on any atom is -0.465 e. The summed E-state index contributed by atoms with van der Waals surface area (Å²) in [6, 6.07) is 19.5. The lowest BCUT2D eigenvalue weighted by atomic mass is 9.94. The van der Waals surface area contributed by atoms with Crippen molar-refractivity contribution in [3.63, 3.8) is 0 Å². The van der Waals surface area contributed by atoms with Gasteiger partial charge < -0.3 is 15.5 Å². The maximum atomic E-state index is 12.0. The second-order valence-corrected chi connectivity index (χ2v) is 8.44. The molecule has 2 atom stereocenters. The summed E-state index contributed by atoms with van der Waals surface area (Å²) < 4.78 is 0. The molecule has 2 rings (SSSR count). The van der Waals surface area contributed by atoms with Crippen LogP contribution in [0.4, 0.5) is 4.79 Å².